The summed E-state index contributed by atoms with van der Waals surface area (Å²) in [5.74, 6) is 0.764. The second kappa shape index (κ2) is 9.20. The number of nitrogens with one attached hydrogen (secondary N) is 1. The molecule has 2 aromatic rings. The van der Waals surface area contributed by atoms with E-state index in [1.165, 1.54) is 0 Å². The summed E-state index contributed by atoms with van der Waals surface area (Å²) in [5.41, 5.74) is 1.12. The predicted molar refractivity (Wildman–Crippen MR) is 87.0 cm³/mol. The minimum absolute atomic E-state index is 0.0246. The van der Waals surface area contributed by atoms with E-state index in [-0.39, 0.29) is 12.7 Å². The number of aliphatic hydroxyl groups is 1. The zero-order chi connectivity index (χ0) is 15.6. The van der Waals surface area contributed by atoms with Crippen LogP contribution in [0.15, 0.2) is 60.7 Å². The van der Waals surface area contributed by atoms with Gasteiger partial charge >= 0.3 is 0 Å². The maximum absolute atomic E-state index is 9.94. The van der Waals surface area contributed by atoms with E-state index in [9.17, 15) is 5.11 Å². The first-order valence-electron chi connectivity index (χ1n) is 7.44. The van der Waals surface area contributed by atoms with E-state index in [1.54, 1.807) is 7.11 Å². The lowest BCUT2D eigenvalue weighted by molar-refractivity contribution is 0.0832. The van der Waals surface area contributed by atoms with Crippen LogP contribution in [0.3, 0.4) is 0 Å². The summed E-state index contributed by atoms with van der Waals surface area (Å²) in [6, 6.07) is 19.5. The van der Waals surface area contributed by atoms with Gasteiger partial charge in [-0.1, -0.05) is 48.5 Å². The van der Waals surface area contributed by atoms with Crippen molar-refractivity contribution in [1.29, 1.82) is 0 Å². The molecule has 2 N–H and O–H groups in total. The van der Waals surface area contributed by atoms with E-state index < -0.39 is 6.10 Å². The Hall–Kier alpha value is -1.88. The van der Waals surface area contributed by atoms with Crippen molar-refractivity contribution in [3.8, 4) is 5.75 Å². The summed E-state index contributed by atoms with van der Waals surface area (Å²) < 4.78 is 11.0. The molecule has 4 heteroatoms. The third-order valence-electron chi connectivity index (χ3n) is 3.35. The molecule has 0 aromatic heterocycles. The van der Waals surface area contributed by atoms with Crippen LogP contribution in [0.5, 0.6) is 5.75 Å². The number of ether oxygens (including phenoxy) is 2. The van der Waals surface area contributed by atoms with Gasteiger partial charge in [-0.05, 0) is 17.7 Å². The lowest BCUT2D eigenvalue weighted by Crippen LogP contribution is -2.34. The molecule has 2 aromatic carbocycles. The molecule has 4 nitrogen and oxygen atoms in total. The summed E-state index contributed by atoms with van der Waals surface area (Å²) in [5, 5.41) is 13.2. The van der Waals surface area contributed by atoms with Crippen molar-refractivity contribution in [1.82, 2.24) is 5.32 Å². The largest absolute Gasteiger partial charge is 0.491 e. The lowest BCUT2D eigenvalue weighted by Gasteiger charge is -2.18. The molecule has 0 fully saturated rings. The van der Waals surface area contributed by atoms with Gasteiger partial charge in [-0.3, -0.25) is 0 Å². The van der Waals surface area contributed by atoms with E-state index in [1.807, 2.05) is 60.7 Å². The van der Waals surface area contributed by atoms with Crippen LogP contribution in [0.2, 0.25) is 0 Å². The maximum Gasteiger partial charge on any atom is 0.119 e. The number of methoxy groups -OCH3 is 1. The van der Waals surface area contributed by atoms with Crippen LogP contribution >= 0.6 is 0 Å². The molecule has 0 amide bonds. The third-order valence-corrected chi connectivity index (χ3v) is 3.35. The zero-order valence-electron chi connectivity index (χ0n) is 12.8. The first kappa shape index (κ1) is 16.5. The van der Waals surface area contributed by atoms with Gasteiger partial charge in [0.25, 0.3) is 0 Å². The highest BCUT2D eigenvalue weighted by Gasteiger charge is 2.11. The lowest BCUT2D eigenvalue weighted by atomic mass is 10.1. The highest BCUT2D eigenvalue weighted by Crippen LogP contribution is 2.14. The Bertz CT molecular complexity index is 518. The molecule has 118 valence electrons. The van der Waals surface area contributed by atoms with Gasteiger partial charge in [-0.2, -0.15) is 0 Å². The average Bonchev–Trinajstić information content (AvgIpc) is 2.58. The number of para-hydroxylation sites is 1. The first-order valence-corrected chi connectivity index (χ1v) is 7.44. The van der Waals surface area contributed by atoms with E-state index in [0.717, 1.165) is 11.3 Å². The van der Waals surface area contributed by atoms with Gasteiger partial charge in [0.1, 0.15) is 18.5 Å². The van der Waals surface area contributed by atoms with Crippen molar-refractivity contribution in [3.63, 3.8) is 0 Å². The molecule has 0 saturated carbocycles. The topological polar surface area (TPSA) is 50.7 Å². The van der Waals surface area contributed by atoms with E-state index in [4.69, 9.17) is 9.47 Å². The number of hydrogen-bond donors (Lipinski definition) is 2. The highest BCUT2D eigenvalue weighted by atomic mass is 16.5. The van der Waals surface area contributed by atoms with Crippen LogP contribution in [-0.2, 0) is 4.74 Å². The molecule has 0 saturated heterocycles. The maximum atomic E-state index is 9.94. The standard InChI is InChI=1S/C18H23NO3/c1-21-18(15-8-4-2-5-9-15)13-19-12-16(20)14-22-17-10-6-3-7-11-17/h2-11,16,18-20H,12-14H2,1H3. The Labute approximate surface area is 131 Å². The molecule has 0 aliphatic carbocycles. The number of benzene rings is 2. The summed E-state index contributed by atoms with van der Waals surface area (Å²) >= 11 is 0. The summed E-state index contributed by atoms with van der Waals surface area (Å²) in [7, 11) is 1.69. The molecule has 0 bridgehead atoms. The van der Waals surface area contributed by atoms with Crippen molar-refractivity contribution in [2.75, 3.05) is 26.8 Å². The fraction of sp³-hybridized carbons (Fsp3) is 0.333. The summed E-state index contributed by atoms with van der Waals surface area (Å²) in [6.07, 6.45) is -0.586. The molecule has 0 heterocycles. The fourth-order valence-corrected chi connectivity index (χ4v) is 2.15. The molecule has 0 aliphatic rings. The van der Waals surface area contributed by atoms with Crippen molar-refractivity contribution in [2.45, 2.75) is 12.2 Å². The Morgan fingerprint density at radius 1 is 0.955 bits per heavy atom. The summed E-state index contributed by atoms with van der Waals surface area (Å²) in [4.78, 5) is 0. The van der Waals surface area contributed by atoms with Crippen molar-refractivity contribution >= 4 is 0 Å². The summed E-state index contributed by atoms with van der Waals surface area (Å²) in [6.45, 7) is 1.36. The molecule has 2 unspecified atom stereocenters. The van der Waals surface area contributed by atoms with Gasteiger partial charge in [0.15, 0.2) is 0 Å². The molecular weight excluding hydrogens is 278 g/mol. The smallest absolute Gasteiger partial charge is 0.119 e. The van der Waals surface area contributed by atoms with Gasteiger partial charge in [-0.15, -0.1) is 0 Å². The second-order valence-corrected chi connectivity index (χ2v) is 5.07. The van der Waals surface area contributed by atoms with Crippen LogP contribution in [0, 0.1) is 0 Å². The SMILES string of the molecule is COC(CNCC(O)COc1ccccc1)c1ccccc1. The monoisotopic (exact) mass is 301 g/mol. The normalized spacial score (nSPS) is 13.5. The molecule has 0 aliphatic heterocycles. The quantitative estimate of drug-likeness (QED) is 0.747. The van der Waals surface area contributed by atoms with E-state index in [0.29, 0.717) is 13.1 Å². The molecule has 0 spiro atoms. The van der Waals surface area contributed by atoms with Crippen LogP contribution in [-0.4, -0.2) is 38.0 Å². The third kappa shape index (κ3) is 5.48. The van der Waals surface area contributed by atoms with Gasteiger partial charge in [0.05, 0.1) is 6.10 Å². The Kier molecular flexibility index (Phi) is 6.90. The van der Waals surface area contributed by atoms with Gasteiger partial charge in [-0.25, -0.2) is 0 Å². The molecule has 0 radical (unpaired) electrons. The van der Waals surface area contributed by atoms with Crippen LogP contribution in [0.25, 0.3) is 0 Å². The van der Waals surface area contributed by atoms with Gasteiger partial charge in [0.2, 0.25) is 0 Å². The molecule has 2 rings (SSSR count). The van der Waals surface area contributed by atoms with E-state index in [2.05, 4.69) is 5.32 Å². The van der Waals surface area contributed by atoms with Crippen molar-refractivity contribution < 1.29 is 14.6 Å². The minimum atomic E-state index is -0.562. The molecule has 22 heavy (non-hydrogen) atoms. The fourth-order valence-electron chi connectivity index (χ4n) is 2.15. The minimum Gasteiger partial charge on any atom is -0.491 e. The number of rotatable bonds is 9. The molecular formula is C18H23NO3. The number of hydrogen-bond acceptors (Lipinski definition) is 4. The van der Waals surface area contributed by atoms with Crippen LogP contribution < -0.4 is 10.1 Å². The average molecular weight is 301 g/mol. The Balaban J connectivity index is 1.68. The first-order chi connectivity index (χ1) is 10.8. The second-order valence-electron chi connectivity index (χ2n) is 5.07. The van der Waals surface area contributed by atoms with Gasteiger partial charge < -0.3 is 19.9 Å². The van der Waals surface area contributed by atoms with Crippen molar-refractivity contribution in [3.05, 3.63) is 66.2 Å². The van der Waals surface area contributed by atoms with Gasteiger partial charge in [0, 0.05) is 20.2 Å². The Morgan fingerprint density at radius 2 is 1.59 bits per heavy atom. The van der Waals surface area contributed by atoms with Crippen LogP contribution in [0.1, 0.15) is 11.7 Å². The van der Waals surface area contributed by atoms with Crippen molar-refractivity contribution in [2.24, 2.45) is 0 Å². The zero-order valence-corrected chi connectivity index (χ0v) is 12.8. The Morgan fingerprint density at radius 3 is 2.23 bits per heavy atom. The predicted octanol–water partition coefficient (Wildman–Crippen LogP) is 2.40. The molecule has 2 atom stereocenters. The van der Waals surface area contributed by atoms with Crippen LogP contribution in [0.4, 0.5) is 0 Å². The number of aliphatic hydroxyl groups excluding tert-OH is 1. The highest BCUT2D eigenvalue weighted by molar-refractivity contribution is 5.21. The van der Waals surface area contributed by atoms with E-state index >= 15 is 0 Å².